The van der Waals surface area contributed by atoms with E-state index in [1.165, 1.54) is 25.0 Å². The van der Waals surface area contributed by atoms with Crippen LogP contribution < -0.4 is 5.32 Å². The number of aliphatic carboxylic acids is 2. The quantitative estimate of drug-likeness (QED) is 0.308. The number of halogens is 7. The minimum Gasteiger partial charge on any atom is -0.475 e. The van der Waals surface area contributed by atoms with Crippen molar-refractivity contribution in [2.45, 2.75) is 57.7 Å². The summed E-state index contributed by atoms with van der Waals surface area (Å²) < 4.78 is 78.9. The Bertz CT molecular complexity index is 1520. The zero-order valence-electron chi connectivity index (χ0n) is 25.2. The third-order valence-corrected chi connectivity index (χ3v) is 7.20. The highest BCUT2D eigenvalue weighted by Gasteiger charge is 2.39. The summed E-state index contributed by atoms with van der Waals surface area (Å²) in [4.78, 5) is 35.7. The summed E-state index contributed by atoms with van der Waals surface area (Å²) in [5.41, 5.74) is 1.98. The molecular weight excluding hydrogens is 645 g/mol. The van der Waals surface area contributed by atoms with Crippen molar-refractivity contribution in [2.75, 3.05) is 26.2 Å². The second kappa shape index (κ2) is 15.5. The highest BCUT2D eigenvalue weighted by Crippen LogP contribution is 2.33. The van der Waals surface area contributed by atoms with Crippen LogP contribution in [0, 0.1) is 11.7 Å². The zero-order chi connectivity index (χ0) is 35.1. The Morgan fingerprint density at radius 1 is 0.957 bits per heavy atom. The normalized spacial score (nSPS) is 17.4. The van der Waals surface area contributed by atoms with E-state index < -0.39 is 24.3 Å². The molecule has 1 aromatic carbocycles. The van der Waals surface area contributed by atoms with Crippen LogP contribution in [0.4, 0.5) is 30.7 Å². The number of hydrogen-bond donors (Lipinski definition) is 3. The van der Waals surface area contributed by atoms with E-state index >= 15 is 0 Å². The standard InChI is InChI=1S/C25H31FN6O.2C2HF3O2/c1-17(2)31-11-10-30(14-18-6-7-18)16-22(31)24-29-28-23-9-8-20(15-32(23)24)25(33)27-13-19-4-3-5-21(26)12-19;2*3-2(4,5)1(6)7/h3-5,8-9,12,15,17-18,22H,6-7,10-11,13-14,16H2,1-2H3,(H,27,33);2*(H,6,7). The van der Waals surface area contributed by atoms with E-state index in [1.54, 1.807) is 18.2 Å². The fourth-order valence-electron chi connectivity index (χ4n) is 4.73. The van der Waals surface area contributed by atoms with E-state index in [2.05, 4.69) is 39.2 Å². The summed E-state index contributed by atoms with van der Waals surface area (Å²) in [6.07, 6.45) is -5.65. The maximum absolute atomic E-state index is 13.4. The summed E-state index contributed by atoms with van der Waals surface area (Å²) in [6, 6.07) is 10.4. The Morgan fingerprint density at radius 2 is 1.57 bits per heavy atom. The van der Waals surface area contributed by atoms with Gasteiger partial charge in [0.2, 0.25) is 0 Å². The number of carboxylic acids is 2. The molecule has 1 atom stereocenters. The minimum atomic E-state index is -5.08. The minimum absolute atomic E-state index is 0.123. The summed E-state index contributed by atoms with van der Waals surface area (Å²) >= 11 is 0. The van der Waals surface area contributed by atoms with Crippen molar-refractivity contribution in [3.05, 3.63) is 65.4 Å². The second-order valence-electron chi connectivity index (χ2n) is 11.2. The SMILES string of the molecule is CC(C)N1CCN(CC2CC2)CC1c1nnc2ccc(C(=O)NCc3cccc(F)c3)cn12.O=C(O)C(F)(F)F.O=C(O)C(F)(F)F. The molecule has 1 aliphatic carbocycles. The maximum Gasteiger partial charge on any atom is 0.490 e. The number of rotatable bonds is 7. The molecule has 258 valence electrons. The van der Waals surface area contributed by atoms with Gasteiger partial charge in [0.05, 0.1) is 11.6 Å². The van der Waals surface area contributed by atoms with Crippen molar-refractivity contribution in [3.63, 3.8) is 0 Å². The first-order valence-corrected chi connectivity index (χ1v) is 14.3. The van der Waals surface area contributed by atoms with Crippen LogP contribution in [0.2, 0.25) is 0 Å². The van der Waals surface area contributed by atoms with Gasteiger partial charge >= 0.3 is 24.3 Å². The lowest BCUT2D eigenvalue weighted by atomic mass is 10.1. The molecule has 0 spiro atoms. The van der Waals surface area contributed by atoms with E-state index in [4.69, 9.17) is 19.8 Å². The van der Waals surface area contributed by atoms with E-state index in [9.17, 15) is 35.5 Å². The molecule has 1 amide bonds. The Balaban J connectivity index is 0.000000360. The number of carbonyl (C=O) groups excluding carboxylic acids is 1. The predicted octanol–water partition coefficient (Wildman–Crippen LogP) is 4.54. The Labute approximate surface area is 264 Å². The first-order valence-electron chi connectivity index (χ1n) is 14.3. The number of hydrogen-bond acceptors (Lipinski definition) is 7. The molecule has 5 rings (SSSR count). The van der Waals surface area contributed by atoms with Gasteiger partial charge < -0.3 is 15.5 Å². The number of carboxylic acid groups (broad SMARTS) is 2. The predicted molar refractivity (Wildman–Crippen MR) is 152 cm³/mol. The largest absolute Gasteiger partial charge is 0.490 e. The van der Waals surface area contributed by atoms with Crippen LogP contribution in [0.5, 0.6) is 0 Å². The summed E-state index contributed by atoms with van der Waals surface area (Å²) in [7, 11) is 0. The average Bonchev–Trinajstić information content (AvgIpc) is 3.70. The Hall–Kier alpha value is -4.32. The monoisotopic (exact) mass is 678 g/mol. The highest BCUT2D eigenvalue weighted by atomic mass is 19.4. The van der Waals surface area contributed by atoms with Gasteiger partial charge in [-0.3, -0.25) is 19.0 Å². The van der Waals surface area contributed by atoms with E-state index in [1.807, 2.05) is 16.7 Å². The number of pyridine rings is 1. The van der Waals surface area contributed by atoms with Crippen molar-refractivity contribution < 1.29 is 55.3 Å². The number of nitrogens with zero attached hydrogens (tertiary/aromatic N) is 5. The van der Waals surface area contributed by atoms with Gasteiger partial charge in [0.1, 0.15) is 5.82 Å². The highest BCUT2D eigenvalue weighted by molar-refractivity contribution is 5.94. The molecule has 47 heavy (non-hydrogen) atoms. The van der Waals surface area contributed by atoms with E-state index in [0.717, 1.165) is 49.1 Å². The van der Waals surface area contributed by atoms with Crippen molar-refractivity contribution in [1.29, 1.82) is 0 Å². The third kappa shape index (κ3) is 11.2. The van der Waals surface area contributed by atoms with Gasteiger partial charge in [-0.1, -0.05) is 12.1 Å². The van der Waals surface area contributed by atoms with Crippen LogP contribution in [0.25, 0.3) is 5.65 Å². The van der Waals surface area contributed by atoms with Crippen LogP contribution in [-0.4, -0.2) is 97.0 Å². The van der Waals surface area contributed by atoms with Gasteiger partial charge in [-0.25, -0.2) is 14.0 Å². The molecule has 2 fully saturated rings. The molecule has 1 saturated carbocycles. The van der Waals surface area contributed by atoms with E-state index in [-0.39, 0.29) is 24.3 Å². The summed E-state index contributed by atoms with van der Waals surface area (Å²) in [5, 5.41) is 26.1. The molecule has 1 aliphatic heterocycles. The van der Waals surface area contributed by atoms with Crippen molar-refractivity contribution >= 4 is 23.5 Å². The lowest BCUT2D eigenvalue weighted by Crippen LogP contribution is -2.51. The van der Waals surface area contributed by atoms with Gasteiger partial charge in [0.15, 0.2) is 11.5 Å². The van der Waals surface area contributed by atoms with Gasteiger partial charge in [0.25, 0.3) is 5.91 Å². The first-order chi connectivity index (χ1) is 21.9. The molecule has 0 bridgehead atoms. The molecule has 18 heteroatoms. The number of aromatic nitrogens is 3. The van der Waals surface area contributed by atoms with Crippen molar-refractivity contribution in [3.8, 4) is 0 Å². The molecule has 2 aliphatic rings. The molecule has 2 aromatic heterocycles. The van der Waals surface area contributed by atoms with Gasteiger partial charge in [-0.15, -0.1) is 10.2 Å². The molecule has 3 heterocycles. The smallest absolute Gasteiger partial charge is 0.475 e. The summed E-state index contributed by atoms with van der Waals surface area (Å²) in [6.45, 7) is 8.87. The van der Waals surface area contributed by atoms with Crippen LogP contribution >= 0.6 is 0 Å². The number of nitrogens with one attached hydrogen (secondary N) is 1. The van der Waals surface area contributed by atoms with E-state index in [0.29, 0.717) is 11.6 Å². The zero-order valence-corrected chi connectivity index (χ0v) is 25.2. The first kappa shape index (κ1) is 37.1. The number of piperazine rings is 1. The number of fused-ring (bicyclic) bond motifs is 1. The maximum atomic E-state index is 13.4. The molecular formula is C29H33F7N6O5. The van der Waals surface area contributed by atoms with Crippen LogP contribution in [0.3, 0.4) is 0 Å². The lowest BCUT2D eigenvalue weighted by molar-refractivity contribution is -0.193. The van der Waals surface area contributed by atoms with Crippen molar-refractivity contribution in [2.24, 2.45) is 5.92 Å². The molecule has 11 nitrogen and oxygen atoms in total. The van der Waals surface area contributed by atoms with Crippen LogP contribution in [0.15, 0.2) is 42.6 Å². The number of alkyl halides is 6. The topological polar surface area (TPSA) is 140 Å². The van der Waals surface area contributed by atoms with Gasteiger partial charge in [-0.2, -0.15) is 26.3 Å². The number of amides is 1. The molecule has 3 N–H and O–H groups in total. The van der Waals surface area contributed by atoms with Crippen LogP contribution in [0.1, 0.15) is 54.5 Å². The molecule has 3 aromatic rings. The fraction of sp³-hybridized carbons (Fsp3) is 0.483. The average molecular weight is 679 g/mol. The lowest BCUT2D eigenvalue weighted by Gasteiger charge is -2.42. The van der Waals surface area contributed by atoms with Gasteiger partial charge in [-0.05, 0) is 62.4 Å². The van der Waals surface area contributed by atoms with Gasteiger partial charge in [0, 0.05) is 45.0 Å². The second-order valence-corrected chi connectivity index (χ2v) is 11.2. The fourth-order valence-corrected chi connectivity index (χ4v) is 4.73. The third-order valence-electron chi connectivity index (χ3n) is 7.20. The Morgan fingerprint density at radius 3 is 2.11 bits per heavy atom. The molecule has 0 radical (unpaired) electrons. The summed E-state index contributed by atoms with van der Waals surface area (Å²) in [5.74, 6) is -4.31. The van der Waals surface area contributed by atoms with Crippen LogP contribution in [-0.2, 0) is 16.1 Å². The molecule has 1 saturated heterocycles. The van der Waals surface area contributed by atoms with Crippen molar-refractivity contribution in [1.82, 2.24) is 29.7 Å². The Kier molecular flexibility index (Phi) is 12.3. The number of carbonyl (C=O) groups is 3. The number of benzene rings is 1. The molecule has 1 unspecified atom stereocenters.